The van der Waals surface area contributed by atoms with Gasteiger partial charge in [-0.15, -0.1) is 11.3 Å². The molecule has 0 aliphatic carbocycles. The van der Waals surface area contributed by atoms with Gasteiger partial charge in [-0.25, -0.2) is 4.98 Å². The number of ether oxygens (including phenoxy) is 1. The summed E-state index contributed by atoms with van der Waals surface area (Å²) in [4.78, 5) is 4.29. The summed E-state index contributed by atoms with van der Waals surface area (Å²) in [5.41, 5.74) is 11.7. The second-order valence-corrected chi connectivity index (χ2v) is 4.61. The van der Waals surface area contributed by atoms with Crippen LogP contribution in [0.1, 0.15) is 11.1 Å². The molecule has 4 heteroatoms. The summed E-state index contributed by atoms with van der Waals surface area (Å²) < 4.78 is 5.42. The van der Waals surface area contributed by atoms with Crippen molar-refractivity contribution >= 4 is 16.3 Å². The molecule has 2 rings (SSSR count). The molecular weight excluding hydrogens is 220 g/mol. The first-order valence-electron chi connectivity index (χ1n) is 4.98. The zero-order chi connectivity index (χ0) is 11.7. The van der Waals surface area contributed by atoms with E-state index in [1.54, 1.807) is 12.6 Å². The standard InChI is InChI=1S/C12H14N2OS/c1-7-4-8(2)11(15-3)9(5-7)10-12(13)16-6-14-10/h4-6H,13H2,1-3H3. The second-order valence-electron chi connectivity index (χ2n) is 3.73. The lowest BCUT2D eigenvalue weighted by Gasteiger charge is -2.11. The number of methoxy groups -OCH3 is 1. The summed E-state index contributed by atoms with van der Waals surface area (Å²) in [6.45, 7) is 4.08. The Labute approximate surface area is 98.9 Å². The summed E-state index contributed by atoms with van der Waals surface area (Å²) >= 11 is 1.44. The highest BCUT2D eigenvalue weighted by Gasteiger charge is 2.14. The van der Waals surface area contributed by atoms with E-state index in [9.17, 15) is 0 Å². The highest BCUT2D eigenvalue weighted by molar-refractivity contribution is 7.14. The topological polar surface area (TPSA) is 48.1 Å². The number of thiazole rings is 1. The van der Waals surface area contributed by atoms with E-state index in [1.807, 2.05) is 6.92 Å². The lowest BCUT2D eigenvalue weighted by Crippen LogP contribution is -1.94. The van der Waals surface area contributed by atoms with Crippen LogP contribution in [0.15, 0.2) is 17.6 Å². The number of hydrogen-bond acceptors (Lipinski definition) is 4. The maximum absolute atomic E-state index is 5.90. The average Bonchev–Trinajstić information content (AvgIpc) is 2.63. The number of nitrogen functional groups attached to an aromatic ring is 1. The molecule has 84 valence electrons. The van der Waals surface area contributed by atoms with E-state index in [0.29, 0.717) is 0 Å². The first-order chi connectivity index (χ1) is 7.63. The Morgan fingerprint density at radius 1 is 1.31 bits per heavy atom. The lowest BCUT2D eigenvalue weighted by molar-refractivity contribution is 0.413. The van der Waals surface area contributed by atoms with E-state index in [4.69, 9.17) is 10.5 Å². The van der Waals surface area contributed by atoms with Crippen LogP contribution >= 0.6 is 11.3 Å². The van der Waals surface area contributed by atoms with Crippen LogP contribution in [0.2, 0.25) is 0 Å². The monoisotopic (exact) mass is 234 g/mol. The molecule has 0 spiro atoms. The number of benzene rings is 1. The molecule has 1 heterocycles. The van der Waals surface area contributed by atoms with Crippen molar-refractivity contribution in [2.45, 2.75) is 13.8 Å². The summed E-state index contributed by atoms with van der Waals surface area (Å²) in [5.74, 6) is 0.850. The third-order valence-electron chi connectivity index (χ3n) is 2.47. The Hall–Kier alpha value is -1.55. The van der Waals surface area contributed by atoms with Crippen LogP contribution in [0.5, 0.6) is 5.75 Å². The molecule has 16 heavy (non-hydrogen) atoms. The van der Waals surface area contributed by atoms with Gasteiger partial charge in [-0.3, -0.25) is 0 Å². The van der Waals surface area contributed by atoms with Crippen molar-refractivity contribution in [1.29, 1.82) is 0 Å². The van der Waals surface area contributed by atoms with Crippen molar-refractivity contribution in [3.8, 4) is 17.0 Å². The summed E-state index contributed by atoms with van der Waals surface area (Å²) in [7, 11) is 1.67. The van der Waals surface area contributed by atoms with Gasteiger partial charge in [0.1, 0.15) is 16.4 Å². The molecule has 2 N–H and O–H groups in total. The number of nitrogens with two attached hydrogens (primary N) is 1. The number of rotatable bonds is 2. The third kappa shape index (κ3) is 1.76. The summed E-state index contributed by atoms with van der Waals surface area (Å²) in [5, 5.41) is 0.725. The predicted octanol–water partition coefficient (Wildman–Crippen LogP) is 3.02. The normalized spacial score (nSPS) is 10.4. The Balaban J connectivity index is 2.68. The maximum atomic E-state index is 5.90. The van der Waals surface area contributed by atoms with Crippen molar-refractivity contribution in [1.82, 2.24) is 4.98 Å². The lowest BCUT2D eigenvalue weighted by atomic mass is 10.0. The van der Waals surface area contributed by atoms with Gasteiger partial charge in [-0.2, -0.15) is 0 Å². The van der Waals surface area contributed by atoms with E-state index in [2.05, 4.69) is 24.0 Å². The fourth-order valence-electron chi connectivity index (χ4n) is 1.86. The van der Waals surface area contributed by atoms with E-state index in [-0.39, 0.29) is 0 Å². The summed E-state index contributed by atoms with van der Waals surface area (Å²) in [6.07, 6.45) is 0. The van der Waals surface area contributed by atoms with E-state index in [1.165, 1.54) is 16.9 Å². The minimum Gasteiger partial charge on any atom is -0.496 e. The molecule has 0 bridgehead atoms. The van der Waals surface area contributed by atoms with Crippen LogP contribution in [-0.2, 0) is 0 Å². The zero-order valence-corrected chi connectivity index (χ0v) is 10.4. The quantitative estimate of drug-likeness (QED) is 0.869. The first-order valence-corrected chi connectivity index (χ1v) is 5.86. The van der Waals surface area contributed by atoms with Gasteiger partial charge in [0.25, 0.3) is 0 Å². The highest BCUT2D eigenvalue weighted by atomic mass is 32.1. The Bertz CT molecular complexity index is 520. The fraction of sp³-hybridized carbons (Fsp3) is 0.250. The Morgan fingerprint density at radius 2 is 2.06 bits per heavy atom. The maximum Gasteiger partial charge on any atom is 0.131 e. The predicted molar refractivity (Wildman–Crippen MR) is 68.0 cm³/mol. The van der Waals surface area contributed by atoms with Gasteiger partial charge in [0.05, 0.1) is 12.6 Å². The molecule has 1 aromatic carbocycles. The minimum atomic E-state index is 0.725. The fourth-order valence-corrected chi connectivity index (χ4v) is 2.40. The highest BCUT2D eigenvalue weighted by Crippen LogP contribution is 2.37. The van der Waals surface area contributed by atoms with Gasteiger partial charge in [-0.05, 0) is 31.0 Å². The van der Waals surface area contributed by atoms with Crippen LogP contribution in [-0.4, -0.2) is 12.1 Å². The van der Waals surface area contributed by atoms with Crippen molar-refractivity contribution in [3.05, 3.63) is 28.8 Å². The smallest absolute Gasteiger partial charge is 0.131 e. The molecule has 0 amide bonds. The Kier molecular flexibility index (Phi) is 2.83. The minimum absolute atomic E-state index is 0.725. The van der Waals surface area contributed by atoms with Crippen molar-refractivity contribution < 1.29 is 4.74 Å². The molecule has 0 saturated heterocycles. The zero-order valence-electron chi connectivity index (χ0n) is 9.57. The van der Waals surface area contributed by atoms with Gasteiger partial charge in [0.15, 0.2) is 0 Å². The molecule has 0 saturated carbocycles. The number of aromatic nitrogens is 1. The van der Waals surface area contributed by atoms with Crippen molar-refractivity contribution in [2.75, 3.05) is 12.8 Å². The van der Waals surface area contributed by atoms with Crippen molar-refractivity contribution in [3.63, 3.8) is 0 Å². The first kappa shape index (κ1) is 11.0. The molecule has 0 radical (unpaired) electrons. The van der Waals surface area contributed by atoms with Gasteiger partial charge >= 0.3 is 0 Å². The largest absolute Gasteiger partial charge is 0.496 e. The molecule has 0 fully saturated rings. The van der Waals surface area contributed by atoms with E-state index >= 15 is 0 Å². The van der Waals surface area contributed by atoms with Gasteiger partial charge in [0.2, 0.25) is 0 Å². The molecule has 0 aliphatic rings. The second kappa shape index (κ2) is 4.14. The number of hydrogen-bond donors (Lipinski definition) is 1. The van der Waals surface area contributed by atoms with Crippen LogP contribution in [0.25, 0.3) is 11.3 Å². The number of anilines is 1. The Morgan fingerprint density at radius 3 is 2.62 bits per heavy atom. The van der Waals surface area contributed by atoms with Gasteiger partial charge in [0, 0.05) is 5.56 Å². The molecule has 0 atom stereocenters. The van der Waals surface area contributed by atoms with E-state index < -0.39 is 0 Å². The molecule has 3 nitrogen and oxygen atoms in total. The van der Waals surface area contributed by atoms with Gasteiger partial charge < -0.3 is 10.5 Å². The van der Waals surface area contributed by atoms with Gasteiger partial charge in [-0.1, -0.05) is 6.07 Å². The average molecular weight is 234 g/mol. The molecule has 0 unspecified atom stereocenters. The molecule has 2 aromatic rings. The SMILES string of the molecule is COc1c(C)cc(C)cc1-c1ncsc1N. The third-order valence-corrected chi connectivity index (χ3v) is 3.13. The van der Waals surface area contributed by atoms with E-state index in [0.717, 1.165) is 27.6 Å². The molecule has 1 aromatic heterocycles. The van der Waals surface area contributed by atoms with Crippen LogP contribution in [0.3, 0.4) is 0 Å². The molecule has 0 aliphatic heterocycles. The van der Waals surface area contributed by atoms with Crippen LogP contribution < -0.4 is 10.5 Å². The van der Waals surface area contributed by atoms with Crippen LogP contribution in [0.4, 0.5) is 5.00 Å². The van der Waals surface area contributed by atoms with Crippen LogP contribution in [0, 0.1) is 13.8 Å². The number of aryl methyl sites for hydroxylation is 2. The molecular formula is C12H14N2OS. The summed E-state index contributed by atoms with van der Waals surface area (Å²) in [6, 6.07) is 4.14. The van der Waals surface area contributed by atoms with Crippen molar-refractivity contribution in [2.24, 2.45) is 0 Å². The number of nitrogens with zero attached hydrogens (tertiary/aromatic N) is 1.